The first kappa shape index (κ1) is 17.0. The van der Waals surface area contributed by atoms with E-state index < -0.39 is 10.0 Å². The fraction of sp³-hybridized carbons (Fsp3) is 0.368. The number of ether oxygens (including phenoxy) is 1. The van der Waals surface area contributed by atoms with Crippen LogP contribution < -0.4 is 4.74 Å². The van der Waals surface area contributed by atoms with E-state index in [0.29, 0.717) is 24.6 Å². The Balaban J connectivity index is 1.96. The van der Waals surface area contributed by atoms with E-state index in [0.717, 1.165) is 28.9 Å². The van der Waals surface area contributed by atoms with Gasteiger partial charge in [0.2, 0.25) is 10.0 Å². The summed E-state index contributed by atoms with van der Waals surface area (Å²) in [5.41, 5.74) is 3.90. The molecule has 0 atom stereocenters. The zero-order chi connectivity index (χ0) is 17.3. The summed E-state index contributed by atoms with van der Waals surface area (Å²) in [6, 6.07) is 11.6. The van der Waals surface area contributed by atoms with Crippen molar-refractivity contribution in [1.82, 2.24) is 4.31 Å². The fourth-order valence-electron chi connectivity index (χ4n) is 3.17. The summed E-state index contributed by atoms with van der Waals surface area (Å²) in [6.07, 6.45) is 0.754. The van der Waals surface area contributed by atoms with Crippen LogP contribution in [-0.2, 0) is 23.0 Å². The largest absolute Gasteiger partial charge is 0.494 e. The van der Waals surface area contributed by atoms with Gasteiger partial charge in [0, 0.05) is 13.1 Å². The molecule has 5 heteroatoms. The number of fused-ring (bicyclic) bond motifs is 1. The zero-order valence-electron chi connectivity index (χ0n) is 14.4. The van der Waals surface area contributed by atoms with Crippen molar-refractivity contribution in [2.24, 2.45) is 0 Å². The molecule has 0 saturated heterocycles. The highest BCUT2D eigenvalue weighted by atomic mass is 32.2. The normalized spacial score (nSPS) is 15.1. The Hall–Kier alpha value is -1.85. The van der Waals surface area contributed by atoms with E-state index >= 15 is 0 Å². The maximum absolute atomic E-state index is 13.1. The van der Waals surface area contributed by atoms with Crippen LogP contribution in [0.4, 0.5) is 0 Å². The Morgan fingerprint density at radius 3 is 2.50 bits per heavy atom. The lowest BCUT2D eigenvalue weighted by Crippen LogP contribution is -2.36. The number of benzene rings is 2. The Kier molecular flexibility index (Phi) is 4.65. The highest BCUT2D eigenvalue weighted by molar-refractivity contribution is 7.89. The van der Waals surface area contributed by atoms with E-state index in [1.807, 2.05) is 45.0 Å². The van der Waals surface area contributed by atoms with Gasteiger partial charge in [0.1, 0.15) is 5.75 Å². The highest BCUT2D eigenvalue weighted by Gasteiger charge is 2.29. The predicted octanol–water partition coefficient (Wildman–Crippen LogP) is 3.45. The van der Waals surface area contributed by atoms with E-state index in [2.05, 4.69) is 6.07 Å². The van der Waals surface area contributed by atoms with Gasteiger partial charge >= 0.3 is 0 Å². The topological polar surface area (TPSA) is 46.6 Å². The van der Waals surface area contributed by atoms with Crippen molar-refractivity contribution in [3.05, 3.63) is 58.7 Å². The summed E-state index contributed by atoms with van der Waals surface area (Å²) in [5.74, 6) is 0.748. The molecule has 2 aromatic rings. The van der Waals surface area contributed by atoms with E-state index in [-0.39, 0.29) is 0 Å². The van der Waals surface area contributed by atoms with Crippen LogP contribution in [0.15, 0.2) is 41.3 Å². The van der Waals surface area contributed by atoms with Crippen LogP contribution in [-0.4, -0.2) is 25.9 Å². The standard InChI is InChI=1S/C19H23NO3S/c1-4-23-18-11-15(3)19(12-14(18)2)24(21,22)20-10-9-16-7-5-6-8-17(16)13-20/h5-8,11-12H,4,9-10,13H2,1-3H3. The first-order chi connectivity index (χ1) is 11.4. The lowest BCUT2D eigenvalue weighted by Gasteiger charge is -2.28. The smallest absolute Gasteiger partial charge is 0.243 e. The van der Waals surface area contributed by atoms with Crippen LogP contribution in [0.5, 0.6) is 5.75 Å². The maximum Gasteiger partial charge on any atom is 0.243 e. The molecule has 4 nitrogen and oxygen atoms in total. The molecule has 0 spiro atoms. The van der Waals surface area contributed by atoms with Gasteiger partial charge in [0.25, 0.3) is 0 Å². The molecule has 24 heavy (non-hydrogen) atoms. The van der Waals surface area contributed by atoms with Gasteiger partial charge < -0.3 is 4.74 Å². The van der Waals surface area contributed by atoms with Crippen molar-refractivity contribution in [2.75, 3.05) is 13.2 Å². The van der Waals surface area contributed by atoms with Gasteiger partial charge in [-0.3, -0.25) is 0 Å². The second kappa shape index (κ2) is 6.57. The second-order valence-corrected chi connectivity index (χ2v) is 8.08. The third-order valence-corrected chi connectivity index (χ3v) is 6.47. The summed E-state index contributed by atoms with van der Waals surface area (Å²) in [6.45, 7) is 7.15. The number of hydrogen-bond acceptors (Lipinski definition) is 3. The lowest BCUT2D eigenvalue weighted by molar-refractivity contribution is 0.337. The van der Waals surface area contributed by atoms with Crippen LogP contribution in [0.25, 0.3) is 0 Å². The minimum Gasteiger partial charge on any atom is -0.494 e. The molecule has 0 radical (unpaired) electrons. The van der Waals surface area contributed by atoms with Gasteiger partial charge in [-0.15, -0.1) is 0 Å². The van der Waals surface area contributed by atoms with E-state index in [1.165, 1.54) is 5.56 Å². The predicted molar refractivity (Wildman–Crippen MR) is 94.8 cm³/mol. The number of nitrogens with zero attached hydrogens (tertiary/aromatic N) is 1. The van der Waals surface area contributed by atoms with E-state index in [1.54, 1.807) is 10.4 Å². The third-order valence-electron chi connectivity index (χ3n) is 4.49. The quantitative estimate of drug-likeness (QED) is 0.853. The molecule has 0 amide bonds. The summed E-state index contributed by atoms with van der Waals surface area (Å²) >= 11 is 0. The molecular weight excluding hydrogens is 322 g/mol. The van der Waals surface area contributed by atoms with Crippen molar-refractivity contribution in [2.45, 2.75) is 38.6 Å². The van der Waals surface area contributed by atoms with Crippen molar-refractivity contribution in [3.63, 3.8) is 0 Å². The zero-order valence-corrected chi connectivity index (χ0v) is 15.2. The van der Waals surface area contributed by atoms with Gasteiger partial charge in [-0.25, -0.2) is 8.42 Å². The van der Waals surface area contributed by atoms with Crippen LogP contribution in [0.1, 0.15) is 29.2 Å². The molecule has 0 aliphatic carbocycles. The summed E-state index contributed by atoms with van der Waals surface area (Å²) in [4.78, 5) is 0.378. The van der Waals surface area contributed by atoms with Crippen molar-refractivity contribution in [3.8, 4) is 5.75 Å². The Morgan fingerprint density at radius 1 is 1.08 bits per heavy atom. The molecule has 3 rings (SSSR count). The first-order valence-corrected chi connectivity index (χ1v) is 9.68. The minimum atomic E-state index is -3.51. The van der Waals surface area contributed by atoms with Crippen LogP contribution in [0.2, 0.25) is 0 Å². The van der Waals surface area contributed by atoms with Crippen LogP contribution in [0.3, 0.4) is 0 Å². The monoisotopic (exact) mass is 345 g/mol. The van der Waals surface area contributed by atoms with Gasteiger partial charge in [-0.1, -0.05) is 24.3 Å². The summed E-state index contributed by atoms with van der Waals surface area (Å²) in [7, 11) is -3.51. The molecule has 0 unspecified atom stereocenters. The Bertz CT molecular complexity index is 859. The fourth-order valence-corrected chi connectivity index (χ4v) is 4.88. The molecule has 0 N–H and O–H groups in total. The van der Waals surface area contributed by atoms with Crippen molar-refractivity contribution in [1.29, 1.82) is 0 Å². The molecule has 1 aliphatic rings. The average Bonchev–Trinajstić information content (AvgIpc) is 2.57. The molecule has 0 bridgehead atoms. The minimum absolute atomic E-state index is 0.378. The second-order valence-electron chi connectivity index (χ2n) is 6.17. The number of hydrogen-bond donors (Lipinski definition) is 0. The third kappa shape index (κ3) is 3.06. The van der Waals surface area contributed by atoms with Crippen LogP contribution in [0, 0.1) is 13.8 Å². The van der Waals surface area contributed by atoms with Gasteiger partial charge in [0.05, 0.1) is 11.5 Å². The SMILES string of the molecule is CCOc1cc(C)c(S(=O)(=O)N2CCc3ccccc3C2)cc1C. The number of rotatable bonds is 4. The van der Waals surface area contributed by atoms with Gasteiger partial charge in [-0.2, -0.15) is 4.31 Å². The molecular formula is C19H23NO3S. The molecule has 128 valence electrons. The molecule has 2 aromatic carbocycles. The van der Waals surface area contributed by atoms with Crippen LogP contribution >= 0.6 is 0 Å². The van der Waals surface area contributed by atoms with Crippen molar-refractivity contribution >= 4 is 10.0 Å². The van der Waals surface area contributed by atoms with E-state index in [9.17, 15) is 8.42 Å². The lowest BCUT2D eigenvalue weighted by atomic mass is 10.0. The molecule has 1 aliphatic heterocycles. The summed E-state index contributed by atoms with van der Waals surface area (Å²) < 4.78 is 33.4. The molecule has 0 aromatic heterocycles. The number of aryl methyl sites for hydroxylation is 2. The van der Waals surface area contributed by atoms with Gasteiger partial charge in [0.15, 0.2) is 0 Å². The Labute approximate surface area is 144 Å². The van der Waals surface area contributed by atoms with E-state index in [4.69, 9.17) is 4.74 Å². The summed E-state index contributed by atoms with van der Waals surface area (Å²) in [5, 5.41) is 0. The maximum atomic E-state index is 13.1. The highest BCUT2D eigenvalue weighted by Crippen LogP contribution is 2.30. The average molecular weight is 345 g/mol. The van der Waals surface area contributed by atoms with Gasteiger partial charge in [-0.05, 0) is 61.6 Å². The van der Waals surface area contributed by atoms with Crippen molar-refractivity contribution < 1.29 is 13.2 Å². The Morgan fingerprint density at radius 2 is 1.79 bits per heavy atom. The molecule has 0 saturated carbocycles. The first-order valence-electron chi connectivity index (χ1n) is 8.24. The molecule has 1 heterocycles. The number of sulfonamides is 1. The molecule has 0 fully saturated rings.